The van der Waals surface area contributed by atoms with Crippen LogP contribution in [-0.2, 0) is 16.0 Å². The van der Waals surface area contributed by atoms with Crippen LogP contribution < -0.4 is 5.32 Å². The highest BCUT2D eigenvalue weighted by Gasteiger charge is 2.30. The van der Waals surface area contributed by atoms with Gasteiger partial charge in [-0.1, -0.05) is 18.2 Å². The van der Waals surface area contributed by atoms with Gasteiger partial charge in [0.15, 0.2) is 5.96 Å². The number of carbonyl (C=O) groups excluding carboxylic acids is 1. The molecule has 2 aliphatic rings. The summed E-state index contributed by atoms with van der Waals surface area (Å²) in [5.74, 6) is 1.07. The molecular weight excluding hydrogens is 519 g/mol. The van der Waals surface area contributed by atoms with Crippen LogP contribution in [0.5, 0.6) is 0 Å². The monoisotopic (exact) mass is 552 g/mol. The minimum Gasteiger partial charge on any atom is -0.368 e. The number of amides is 1. The fourth-order valence-corrected chi connectivity index (χ4v) is 4.04. The minimum absolute atomic E-state index is 0. The van der Waals surface area contributed by atoms with E-state index >= 15 is 0 Å². The van der Waals surface area contributed by atoms with Gasteiger partial charge in [0.05, 0.1) is 11.9 Å². The van der Waals surface area contributed by atoms with Gasteiger partial charge in [-0.05, 0) is 43.9 Å². The summed E-state index contributed by atoms with van der Waals surface area (Å²) >= 11 is 0. The number of hydrogen-bond acceptors (Lipinski definition) is 4. The highest BCUT2D eigenvalue weighted by Crippen LogP contribution is 2.16. The van der Waals surface area contributed by atoms with E-state index in [1.54, 1.807) is 0 Å². The summed E-state index contributed by atoms with van der Waals surface area (Å²) in [5, 5.41) is 7.86. The fourth-order valence-electron chi connectivity index (χ4n) is 4.04. The zero-order chi connectivity index (χ0) is 21.5. The summed E-state index contributed by atoms with van der Waals surface area (Å²) in [6.45, 7) is 7.30. The van der Waals surface area contributed by atoms with Crippen LogP contribution in [0.3, 0.4) is 0 Å². The van der Waals surface area contributed by atoms with Gasteiger partial charge in [-0.25, -0.2) is 4.68 Å². The van der Waals surface area contributed by atoms with Crippen molar-refractivity contribution in [3.8, 4) is 5.69 Å². The minimum atomic E-state index is -0.231. The number of aliphatic imine (C=N–C) groups is 1. The number of rotatable bonds is 6. The van der Waals surface area contributed by atoms with Gasteiger partial charge in [0.2, 0.25) is 0 Å². The van der Waals surface area contributed by atoms with Gasteiger partial charge < -0.3 is 19.9 Å². The first-order chi connectivity index (χ1) is 15.2. The lowest BCUT2D eigenvalue weighted by Crippen LogP contribution is -2.55. The molecule has 1 aromatic carbocycles. The van der Waals surface area contributed by atoms with Crippen molar-refractivity contribution in [3.05, 3.63) is 48.3 Å². The SMILES string of the molecule is CCNC(=NCCc1cnn(-c2ccccc2)c1)N1CCN(C(=O)C2CCCO2)CC1.I. The Labute approximate surface area is 207 Å². The first-order valence-corrected chi connectivity index (χ1v) is 11.3. The van der Waals surface area contributed by atoms with Gasteiger partial charge in [0, 0.05) is 52.1 Å². The van der Waals surface area contributed by atoms with E-state index in [9.17, 15) is 4.79 Å². The van der Waals surface area contributed by atoms with Crippen LogP contribution in [0.2, 0.25) is 0 Å². The van der Waals surface area contributed by atoms with Crippen molar-refractivity contribution in [2.75, 3.05) is 45.9 Å². The third-order valence-electron chi connectivity index (χ3n) is 5.75. The van der Waals surface area contributed by atoms with Crippen molar-refractivity contribution >= 4 is 35.8 Å². The molecule has 2 aromatic rings. The fraction of sp³-hybridized carbons (Fsp3) is 0.522. The number of guanidine groups is 1. The van der Waals surface area contributed by atoms with Crippen molar-refractivity contribution in [2.45, 2.75) is 32.3 Å². The lowest BCUT2D eigenvalue weighted by Gasteiger charge is -2.37. The average Bonchev–Trinajstić information content (AvgIpc) is 3.51. The second-order valence-electron chi connectivity index (χ2n) is 7.93. The van der Waals surface area contributed by atoms with E-state index in [1.807, 2.05) is 46.1 Å². The Kier molecular flexibility index (Phi) is 9.34. The van der Waals surface area contributed by atoms with E-state index < -0.39 is 0 Å². The Morgan fingerprint density at radius 1 is 1.19 bits per heavy atom. The molecule has 0 bridgehead atoms. The topological polar surface area (TPSA) is 75.0 Å². The molecule has 8 nitrogen and oxygen atoms in total. The molecule has 1 amide bonds. The highest BCUT2D eigenvalue weighted by molar-refractivity contribution is 14.0. The molecule has 1 atom stereocenters. The lowest BCUT2D eigenvalue weighted by molar-refractivity contribution is -0.142. The quantitative estimate of drug-likeness (QED) is 0.339. The first-order valence-electron chi connectivity index (χ1n) is 11.3. The average molecular weight is 552 g/mol. The van der Waals surface area contributed by atoms with Crippen LogP contribution in [0.1, 0.15) is 25.3 Å². The van der Waals surface area contributed by atoms with E-state index in [2.05, 4.69) is 28.4 Å². The molecule has 32 heavy (non-hydrogen) atoms. The third kappa shape index (κ3) is 6.22. The van der Waals surface area contributed by atoms with Gasteiger partial charge in [-0.3, -0.25) is 9.79 Å². The molecule has 0 radical (unpaired) electrons. The predicted molar refractivity (Wildman–Crippen MR) is 136 cm³/mol. The number of aromatic nitrogens is 2. The lowest BCUT2D eigenvalue weighted by atomic mass is 10.2. The van der Waals surface area contributed by atoms with Crippen molar-refractivity contribution in [1.29, 1.82) is 0 Å². The van der Waals surface area contributed by atoms with Crippen molar-refractivity contribution in [2.24, 2.45) is 4.99 Å². The Morgan fingerprint density at radius 3 is 2.62 bits per heavy atom. The number of nitrogens with zero attached hydrogens (tertiary/aromatic N) is 5. The molecule has 3 heterocycles. The summed E-state index contributed by atoms with van der Waals surface area (Å²) in [5.41, 5.74) is 2.22. The zero-order valence-electron chi connectivity index (χ0n) is 18.7. The van der Waals surface area contributed by atoms with Gasteiger partial charge >= 0.3 is 0 Å². The van der Waals surface area contributed by atoms with Crippen LogP contribution in [0.25, 0.3) is 5.69 Å². The molecule has 1 N–H and O–H groups in total. The van der Waals surface area contributed by atoms with E-state index in [-0.39, 0.29) is 36.0 Å². The van der Waals surface area contributed by atoms with Crippen LogP contribution in [0, 0.1) is 0 Å². The summed E-state index contributed by atoms with van der Waals surface area (Å²) in [6, 6.07) is 10.1. The van der Waals surface area contributed by atoms with E-state index in [0.717, 1.165) is 56.1 Å². The molecule has 2 saturated heterocycles. The van der Waals surface area contributed by atoms with Gasteiger partial charge in [0.1, 0.15) is 6.10 Å². The summed E-state index contributed by atoms with van der Waals surface area (Å²) in [4.78, 5) is 21.6. The smallest absolute Gasteiger partial charge is 0.251 e. The van der Waals surface area contributed by atoms with Crippen molar-refractivity contribution in [3.63, 3.8) is 0 Å². The van der Waals surface area contributed by atoms with Crippen LogP contribution in [0.4, 0.5) is 0 Å². The second kappa shape index (κ2) is 12.2. The second-order valence-corrected chi connectivity index (χ2v) is 7.93. The molecule has 1 aromatic heterocycles. The number of carbonyl (C=O) groups is 1. The normalized spacial score (nSPS) is 19.0. The highest BCUT2D eigenvalue weighted by atomic mass is 127. The molecule has 0 spiro atoms. The van der Waals surface area contributed by atoms with Crippen molar-refractivity contribution < 1.29 is 9.53 Å². The molecular formula is C23H33IN6O2. The predicted octanol–water partition coefficient (Wildman–Crippen LogP) is 2.32. The number of benzene rings is 1. The number of para-hydroxylation sites is 1. The van der Waals surface area contributed by atoms with Crippen molar-refractivity contribution in [1.82, 2.24) is 24.9 Å². The molecule has 174 valence electrons. The first kappa shape index (κ1) is 24.5. The zero-order valence-corrected chi connectivity index (χ0v) is 21.0. The number of nitrogens with one attached hydrogen (secondary N) is 1. The van der Waals surface area contributed by atoms with E-state index in [4.69, 9.17) is 9.73 Å². The van der Waals surface area contributed by atoms with Gasteiger partial charge in [-0.2, -0.15) is 5.10 Å². The van der Waals surface area contributed by atoms with Gasteiger partial charge in [0.25, 0.3) is 5.91 Å². The Balaban J connectivity index is 0.00000289. The summed E-state index contributed by atoms with van der Waals surface area (Å²) in [6.07, 6.45) is 6.41. The van der Waals surface area contributed by atoms with Crippen LogP contribution in [0.15, 0.2) is 47.7 Å². The van der Waals surface area contributed by atoms with Crippen LogP contribution in [-0.4, -0.2) is 83.4 Å². The molecule has 4 rings (SSSR count). The number of hydrogen-bond donors (Lipinski definition) is 1. The van der Waals surface area contributed by atoms with E-state index in [1.165, 1.54) is 0 Å². The maximum Gasteiger partial charge on any atom is 0.251 e. The molecule has 2 fully saturated rings. The van der Waals surface area contributed by atoms with E-state index in [0.29, 0.717) is 26.2 Å². The number of halogens is 1. The third-order valence-corrected chi connectivity index (χ3v) is 5.75. The summed E-state index contributed by atoms with van der Waals surface area (Å²) < 4.78 is 7.46. The largest absolute Gasteiger partial charge is 0.368 e. The Morgan fingerprint density at radius 2 is 1.94 bits per heavy atom. The van der Waals surface area contributed by atoms with Crippen LogP contribution >= 0.6 is 24.0 Å². The Hall–Kier alpha value is -2.14. The van der Waals surface area contributed by atoms with Gasteiger partial charge in [-0.15, -0.1) is 24.0 Å². The molecule has 0 aliphatic carbocycles. The number of ether oxygens (including phenoxy) is 1. The standard InChI is InChI=1S/C23H32N6O2.HI/c1-2-24-23(28-14-12-27(13-15-28)22(30)21-9-6-16-31-21)25-11-10-19-17-26-29(18-19)20-7-4-3-5-8-20;/h3-5,7-8,17-18,21H,2,6,9-16H2,1H3,(H,24,25);1H. The molecule has 1 unspecified atom stereocenters. The Bertz CT molecular complexity index is 874. The maximum atomic E-state index is 12.6. The number of piperazine rings is 1. The molecule has 9 heteroatoms. The summed E-state index contributed by atoms with van der Waals surface area (Å²) in [7, 11) is 0. The molecule has 2 aliphatic heterocycles. The molecule has 0 saturated carbocycles. The maximum absolute atomic E-state index is 12.6.